The van der Waals surface area contributed by atoms with Gasteiger partial charge in [0.1, 0.15) is 18.0 Å². The van der Waals surface area contributed by atoms with Gasteiger partial charge < -0.3 is 15.5 Å². The van der Waals surface area contributed by atoms with E-state index in [9.17, 15) is 0 Å². The lowest BCUT2D eigenvalue weighted by molar-refractivity contribution is 0.584. The zero-order valence-corrected chi connectivity index (χ0v) is 12.6. The van der Waals surface area contributed by atoms with Crippen molar-refractivity contribution in [1.29, 1.82) is 0 Å². The summed E-state index contributed by atoms with van der Waals surface area (Å²) in [6, 6.07) is 10.0. The largest absolute Gasteiger partial charge is 0.354 e. The molecule has 2 heterocycles. The summed E-state index contributed by atoms with van der Waals surface area (Å²) in [5.41, 5.74) is 1.00. The molecule has 0 bridgehead atoms. The fraction of sp³-hybridized carbons (Fsp3) is 0.286. The Balaban J connectivity index is 1.77. The van der Waals surface area contributed by atoms with Crippen molar-refractivity contribution in [1.82, 2.24) is 15.3 Å². The van der Waals surface area contributed by atoms with Crippen molar-refractivity contribution in [2.45, 2.75) is 0 Å². The number of nitrogens with one attached hydrogen (secondary N) is 2. The summed E-state index contributed by atoms with van der Waals surface area (Å²) in [7, 11) is 0. The summed E-state index contributed by atoms with van der Waals surface area (Å²) in [6.07, 6.45) is 1.61. The molecule has 1 fully saturated rings. The summed E-state index contributed by atoms with van der Waals surface area (Å²) >= 11 is 3.46. The van der Waals surface area contributed by atoms with Crippen LogP contribution in [0.15, 0.2) is 41.1 Å². The molecule has 0 amide bonds. The highest BCUT2D eigenvalue weighted by atomic mass is 79.9. The van der Waals surface area contributed by atoms with Crippen LogP contribution in [0.25, 0.3) is 0 Å². The fourth-order valence-electron chi connectivity index (χ4n) is 2.20. The van der Waals surface area contributed by atoms with E-state index in [0.29, 0.717) is 0 Å². The lowest BCUT2D eigenvalue weighted by Crippen LogP contribution is -2.43. The highest BCUT2D eigenvalue weighted by Crippen LogP contribution is 2.21. The maximum Gasteiger partial charge on any atom is 0.135 e. The van der Waals surface area contributed by atoms with Gasteiger partial charge in [-0.2, -0.15) is 0 Å². The van der Waals surface area contributed by atoms with Gasteiger partial charge in [-0.15, -0.1) is 0 Å². The Labute approximate surface area is 126 Å². The van der Waals surface area contributed by atoms with Gasteiger partial charge in [-0.25, -0.2) is 9.97 Å². The van der Waals surface area contributed by atoms with Gasteiger partial charge >= 0.3 is 0 Å². The first-order valence-corrected chi connectivity index (χ1v) is 7.41. The van der Waals surface area contributed by atoms with Crippen LogP contribution in [0, 0.1) is 0 Å². The number of nitrogens with zero attached hydrogens (tertiary/aromatic N) is 3. The number of aromatic nitrogens is 2. The third kappa shape index (κ3) is 3.26. The predicted molar refractivity (Wildman–Crippen MR) is 84.5 cm³/mol. The van der Waals surface area contributed by atoms with Crippen molar-refractivity contribution in [3.63, 3.8) is 0 Å². The Morgan fingerprint density at radius 3 is 2.80 bits per heavy atom. The van der Waals surface area contributed by atoms with E-state index in [1.165, 1.54) is 0 Å². The lowest BCUT2D eigenvalue weighted by atomic mass is 10.3. The molecule has 1 aliphatic rings. The molecule has 3 rings (SSSR count). The van der Waals surface area contributed by atoms with Gasteiger partial charge in [-0.3, -0.25) is 0 Å². The van der Waals surface area contributed by atoms with E-state index in [1.807, 2.05) is 30.3 Å². The minimum atomic E-state index is 0.812. The minimum absolute atomic E-state index is 0.812. The van der Waals surface area contributed by atoms with Crippen LogP contribution in [0.5, 0.6) is 0 Å². The van der Waals surface area contributed by atoms with Gasteiger partial charge in [0.25, 0.3) is 0 Å². The molecule has 2 aromatic rings. The topological polar surface area (TPSA) is 53.1 Å². The number of hydrogen-bond donors (Lipinski definition) is 2. The van der Waals surface area contributed by atoms with Crippen LogP contribution < -0.4 is 15.5 Å². The van der Waals surface area contributed by atoms with Gasteiger partial charge in [0, 0.05) is 42.4 Å². The van der Waals surface area contributed by atoms with Crippen molar-refractivity contribution in [2.24, 2.45) is 0 Å². The summed E-state index contributed by atoms with van der Waals surface area (Å²) in [5.74, 6) is 1.78. The van der Waals surface area contributed by atoms with E-state index in [1.54, 1.807) is 6.33 Å². The minimum Gasteiger partial charge on any atom is -0.354 e. The van der Waals surface area contributed by atoms with Gasteiger partial charge in [0.05, 0.1) is 0 Å². The van der Waals surface area contributed by atoms with Crippen molar-refractivity contribution in [3.8, 4) is 0 Å². The second kappa shape index (κ2) is 6.19. The Kier molecular flexibility index (Phi) is 4.13. The van der Waals surface area contributed by atoms with Crippen LogP contribution in [0.2, 0.25) is 0 Å². The van der Waals surface area contributed by atoms with E-state index in [4.69, 9.17) is 0 Å². The molecule has 1 aromatic heterocycles. The van der Waals surface area contributed by atoms with Crippen LogP contribution in [0.4, 0.5) is 17.3 Å². The van der Waals surface area contributed by atoms with Crippen molar-refractivity contribution < 1.29 is 0 Å². The second-order valence-electron chi connectivity index (χ2n) is 4.63. The maximum absolute atomic E-state index is 4.36. The molecule has 6 heteroatoms. The van der Waals surface area contributed by atoms with Crippen molar-refractivity contribution in [2.75, 3.05) is 36.4 Å². The quantitative estimate of drug-likeness (QED) is 0.903. The summed E-state index contributed by atoms with van der Waals surface area (Å²) < 4.78 is 1.04. The normalized spacial score (nSPS) is 15.2. The first-order chi connectivity index (χ1) is 9.81. The average Bonchev–Trinajstić information content (AvgIpc) is 2.48. The molecule has 1 saturated heterocycles. The molecule has 20 heavy (non-hydrogen) atoms. The third-order valence-corrected chi connectivity index (χ3v) is 3.68. The van der Waals surface area contributed by atoms with Crippen LogP contribution >= 0.6 is 15.9 Å². The van der Waals surface area contributed by atoms with Gasteiger partial charge in [0.15, 0.2) is 0 Å². The smallest absolute Gasteiger partial charge is 0.135 e. The maximum atomic E-state index is 4.36. The zero-order valence-electron chi connectivity index (χ0n) is 11.0. The number of anilines is 3. The molecule has 2 N–H and O–H groups in total. The van der Waals surface area contributed by atoms with Crippen LogP contribution in [-0.2, 0) is 0 Å². The van der Waals surface area contributed by atoms with E-state index in [0.717, 1.165) is 48.0 Å². The van der Waals surface area contributed by atoms with Gasteiger partial charge in [-0.1, -0.05) is 22.0 Å². The number of hydrogen-bond acceptors (Lipinski definition) is 5. The van der Waals surface area contributed by atoms with Crippen molar-refractivity contribution >= 4 is 33.3 Å². The van der Waals surface area contributed by atoms with Crippen LogP contribution in [-0.4, -0.2) is 36.1 Å². The highest BCUT2D eigenvalue weighted by Gasteiger charge is 2.12. The lowest BCUT2D eigenvalue weighted by Gasteiger charge is -2.28. The summed E-state index contributed by atoms with van der Waals surface area (Å²) in [5, 5.41) is 6.64. The fourth-order valence-corrected chi connectivity index (χ4v) is 2.60. The molecular formula is C14H16BrN5. The monoisotopic (exact) mass is 333 g/mol. The third-order valence-electron chi connectivity index (χ3n) is 3.19. The molecule has 5 nitrogen and oxygen atoms in total. The van der Waals surface area contributed by atoms with Gasteiger partial charge in [0.2, 0.25) is 0 Å². The molecule has 1 aliphatic heterocycles. The molecule has 0 unspecified atom stereocenters. The Morgan fingerprint density at radius 2 is 2.00 bits per heavy atom. The molecule has 0 spiro atoms. The summed E-state index contributed by atoms with van der Waals surface area (Å²) in [4.78, 5) is 10.9. The highest BCUT2D eigenvalue weighted by molar-refractivity contribution is 9.10. The molecule has 1 aromatic carbocycles. The van der Waals surface area contributed by atoms with Gasteiger partial charge in [-0.05, 0) is 18.2 Å². The Hall–Kier alpha value is -1.66. The van der Waals surface area contributed by atoms with E-state index in [-0.39, 0.29) is 0 Å². The molecule has 104 valence electrons. The van der Waals surface area contributed by atoms with Crippen LogP contribution in [0.1, 0.15) is 0 Å². The molecule has 0 aliphatic carbocycles. The zero-order chi connectivity index (χ0) is 13.8. The van der Waals surface area contributed by atoms with E-state index in [2.05, 4.69) is 41.4 Å². The standard InChI is InChI=1S/C14H16BrN5/c15-11-2-1-3-12(8-11)19-13-9-14(18-10-17-13)20-6-4-16-5-7-20/h1-3,8-10,16H,4-7H2,(H,17,18,19). The number of rotatable bonds is 3. The molecule has 0 saturated carbocycles. The molecule has 0 radical (unpaired) electrons. The van der Waals surface area contributed by atoms with E-state index >= 15 is 0 Å². The first kappa shape index (κ1) is 13.3. The average molecular weight is 334 g/mol. The molecule has 0 atom stereocenters. The van der Waals surface area contributed by atoms with E-state index < -0.39 is 0 Å². The van der Waals surface area contributed by atoms with Crippen molar-refractivity contribution in [3.05, 3.63) is 41.1 Å². The Morgan fingerprint density at radius 1 is 1.15 bits per heavy atom. The summed E-state index contributed by atoms with van der Waals surface area (Å²) in [6.45, 7) is 3.96. The number of halogens is 1. The second-order valence-corrected chi connectivity index (χ2v) is 5.55. The first-order valence-electron chi connectivity index (χ1n) is 6.61. The van der Waals surface area contributed by atoms with Crippen LogP contribution in [0.3, 0.4) is 0 Å². The Bertz CT molecular complexity index is 583. The molecular weight excluding hydrogens is 318 g/mol. The number of piperazine rings is 1. The SMILES string of the molecule is Brc1cccc(Nc2cc(N3CCNCC3)ncn2)c1. The predicted octanol–water partition coefficient (Wildman–Crippen LogP) is 2.39. The number of benzene rings is 1.